The van der Waals surface area contributed by atoms with Crippen molar-refractivity contribution in [2.75, 3.05) is 11.9 Å². The van der Waals surface area contributed by atoms with Crippen LogP contribution in [0.3, 0.4) is 0 Å². The van der Waals surface area contributed by atoms with Crippen LogP contribution in [-0.4, -0.2) is 29.0 Å². The minimum atomic E-state index is -0.0826. The van der Waals surface area contributed by atoms with E-state index in [0.29, 0.717) is 17.6 Å². The molecule has 1 saturated carbocycles. The lowest BCUT2D eigenvalue weighted by molar-refractivity contribution is 0.0937. The molecule has 0 radical (unpaired) electrons. The van der Waals surface area contributed by atoms with Gasteiger partial charge in [0.05, 0.1) is 5.56 Å². The van der Waals surface area contributed by atoms with E-state index in [2.05, 4.69) is 15.3 Å². The highest BCUT2D eigenvalue weighted by molar-refractivity contribution is 5.93. The molecule has 22 heavy (non-hydrogen) atoms. The lowest BCUT2D eigenvalue weighted by atomic mass is 10.2. The summed E-state index contributed by atoms with van der Waals surface area (Å²) in [6.45, 7) is 0. The third-order valence-corrected chi connectivity index (χ3v) is 4.03. The van der Waals surface area contributed by atoms with E-state index in [1.165, 1.54) is 12.8 Å². The van der Waals surface area contributed by atoms with Crippen LogP contribution in [0.15, 0.2) is 42.7 Å². The van der Waals surface area contributed by atoms with Gasteiger partial charge in [-0.15, -0.1) is 0 Å². The average molecular weight is 296 g/mol. The molecule has 2 aromatic rings. The highest BCUT2D eigenvalue weighted by Gasteiger charge is 2.18. The molecule has 0 atom stereocenters. The van der Waals surface area contributed by atoms with E-state index in [-0.39, 0.29) is 5.91 Å². The minimum absolute atomic E-state index is 0.0826. The number of benzene rings is 1. The van der Waals surface area contributed by atoms with Crippen molar-refractivity contribution in [1.82, 2.24) is 15.3 Å². The molecule has 1 fully saturated rings. The molecule has 0 aliphatic heterocycles. The second-order valence-corrected chi connectivity index (χ2v) is 5.62. The van der Waals surface area contributed by atoms with Crippen LogP contribution in [0, 0.1) is 0 Å². The van der Waals surface area contributed by atoms with Crippen molar-refractivity contribution in [3.63, 3.8) is 0 Å². The fourth-order valence-electron chi connectivity index (χ4n) is 2.72. The number of nitrogens with one attached hydrogen (secondary N) is 1. The van der Waals surface area contributed by atoms with Crippen LogP contribution in [0.25, 0.3) is 0 Å². The zero-order chi connectivity index (χ0) is 15.4. The Hall–Kier alpha value is -2.43. The Morgan fingerprint density at radius 2 is 1.77 bits per heavy atom. The fourth-order valence-corrected chi connectivity index (χ4v) is 2.72. The Kier molecular flexibility index (Phi) is 4.32. The molecule has 1 N–H and O–H groups in total. The molecule has 1 aliphatic rings. The summed E-state index contributed by atoms with van der Waals surface area (Å²) in [4.78, 5) is 22.6. The van der Waals surface area contributed by atoms with Gasteiger partial charge < -0.3 is 10.2 Å². The van der Waals surface area contributed by atoms with Gasteiger partial charge in [-0.1, -0.05) is 31.0 Å². The normalized spacial score (nSPS) is 14.8. The summed E-state index contributed by atoms with van der Waals surface area (Å²) in [6, 6.07) is 10.2. The van der Waals surface area contributed by atoms with Crippen molar-refractivity contribution in [1.29, 1.82) is 0 Å². The topological polar surface area (TPSA) is 58.1 Å². The van der Waals surface area contributed by atoms with Crippen LogP contribution in [0.4, 0.5) is 11.6 Å². The third kappa shape index (κ3) is 3.24. The summed E-state index contributed by atoms with van der Waals surface area (Å²) < 4.78 is 0. The number of rotatable bonds is 4. The SMILES string of the molecule is CN(c1ccccc1)c1ncc(C(=O)NC2CCCC2)cn1. The Morgan fingerprint density at radius 3 is 2.41 bits per heavy atom. The van der Waals surface area contributed by atoms with Crippen LogP contribution in [0.5, 0.6) is 0 Å². The molecule has 5 nitrogen and oxygen atoms in total. The molecule has 0 spiro atoms. The van der Waals surface area contributed by atoms with E-state index in [0.717, 1.165) is 18.5 Å². The number of aromatic nitrogens is 2. The smallest absolute Gasteiger partial charge is 0.254 e. The summed E-state index contributed by atoms with van der Waals surface area (Å²) in [6.07, 6.45) is 7.71. The van der Waals surface area contributed by atoms with Crippen molar-refractivity contribution in [2.45, 2.75) is 31.7 Å². The lowest BCUT2D eigenvalue weighted by Crippen LogP contribution is -2.32. The van der Waals surface area contributed by atoms with Gasteiger partial charge in [0.25, 0.3) is 5.91 Å². The predicted molar refractivity (Wildman–Crippen MR) is 86.3 cm³/mol. The molecule has 114 valence electrons. The van der Waals surface area contributed by atoms with Gasteiger partial charge in [-0.25, -0.2) is 9.97 Å². The molecule has 1 amide bonds. The highest BCUT2D eigenvalue weighted by atomic mass is 16.1. The molecule has 1 aromatic carbocycles. The van der Waals surface area contributed by atoms with Gasteiger partial charge in [0, 0.05) is 31.2 Å². The molecular weight excluding hydrogens is 276 g/mol. The Labute approximate surface area is 130 Å². The number of anilines is 2. The van der Waals surface area contributed by atoms with Crippen molar-refractivity contribution < 1.29 is 4.79 Å². The van der Waals surface area contributed by atoms with Gasteiger partial charge >= 0.3 is 0 Å². The van der Waals surface area contributed by atoms with E-state index in [1.54, 1.807) is 12.4 Å². The first kappa shape index (κ1) is 14.5. The van der Waals surface area contributed by atoms with Crippen LogP contribution in [-0.2, 0) is 0 Å². The lowest BCUT2D eigenvalue weighted by Gasteiger charge is -2.17. The molecule has 0 saturated heterocycles. The Bertz CT molecular complexity index is 621. The quantitative estimate of drug-likeness (QED) is 0.942. The number of carbonyl (C=O) groups is 1. The standard InChI is InChI=1S/C17H20N4O/c1-21(15-9-3-2-4-10-15)17-18-11-13(12-19-17)16(22)20-14-7-5-6-8-14/h2-4,9-12,14H,5-8H2,1H3,(H,20,22). The Balaban J connectivity index is 1.68. The maximum atomic E-state index is 12.1. The number of amides is 1. The second-order valence-electron chi connectivity index (χ2n) is 5.62. The van der Waals surface area contributed by atoms with Crippen LogP contribution >= 0.6 is 0 Å². The monoisotopic (exact) mass is 296 g/mol. The average Bonchev–Trinajstić information content (AvgIpc) is 3.08. The van der Waals surface area contributed by atoms with Gasteiger partial charge in [0.1, 0.15) is 0 Å². The first-order valence-electron chi connectivity index (χ1n) is 7.66. The van der Waals surface area contributed by atoms with E-state index < -0.39 is 0 Å². The van der Waals surface area contributed by atoms with Crippen LogP contribution < -0.4 is 10.2 Å². The minimum Gasteiger partial charge on any atom is -0.349 e. The fraction of sp³-hybridized carbons (Fsp3) is 0.353. The highest BCUT2D eigenvalue weighted by Crippen LogP contribution is 2.20. The van der Waals surface area contributed by atoms with E-state index >= 15 is 0 Å². The first-order chi connectivity index (χ1) is 10.7. The van der Waals surface area contributed by atoms with Gasteiger partial charge in [-0.05, 0) is 25.0 Å². The summed E-state index contributed by atoms with van der Waals surface area (Å²) in [5.74, 6) is 0.490. The number of hydrogen-bond acceptors (Lipinski definition) is 4. The number of para-hydroxylation sites is 1. The molecule has 0 unspecified atom stereocenters. The second kappa shape index (κ2) is 6.56. The van der Waals surface area contributed by atoms with E-state index in [1.807, 2.05) is 42.3 Å². The third-order valence-electron chi connectivity index (χ3n) is 4.03. The maximum absolute atomic E-state index is 12.1. The molecule has 5 heteroatoms. The summed E-state index contributed by atoms with van der Waals surface area (Å²) in [5.41, 5.74) is 1.52. The Morgan fingerprint density at radius 1 is 1.14 bits per heavy atom. The van der Waals surface area contributed by atoms with Gasteiger partial charge in [-0.2, -0.15) is 0 Å². The van der Waals surface area contributed by atoms with Gasteiger partial charge in [0.15, 0.2) is 0 Å². The number of carbonyl (C=O) groups excluding carboxylic acids is 1. The van der Waals surface area contributed by atoms with Gasteiger partial charge in [-0.3, -0.25) is 4.79 Å². The maximum Gasteiger partial charge on any atom is 0.254 e. The zero-order valence-corrected chi connectivity index (χ0v) is 12.7. The molecule has 0 bridgehead atoms. The predicted octanol–water partition coefficient (Wildman–Crippen LogP) is 2.92. The van der Waals surface area contributed by atoms with E-state index in [9.17, 15) is 4.79 Å². The molecule has 3 rings (SSSR count). The van der Waals surface area contributed by atoms with Gasteiger partial charge in [0.2, 0.25) is 5.95 Å². The van der Waals surface area contributed by atoms with Crippen molar-refractivity contribution >= 4 is 17.5 Å². The number of hydrogen-bond donors (Lipinski definition) is 1. The molecule has 1 heterocycles. The van der Waals surface area contributed by atoms with Crippen LogP contribution in [0.1, 0.15) is 36.0 Å². The zero-order valence-electron chi connectivity index (χ0n) is 12.7. The van der Waals surface area contributed by atoms with Crippen molar-refractivity contribution in [3.8, 4) is 0 Å². The van der Waals surface area contributed by atoms with Crippen molar-refractivity contribution in [2.24, 2.45) is 0 Å². The summed E-state index contributed by atoms with van der Waals surface area (Å²) in [5, 5.41) is 3.04. The molecule has 1 aromatic heterocycles. The summed E-state index contributed by atoms with van der Waals surface area (Å²) in [7, 11) is 1.91. The molecule has 1 aliphatic carbocycles. The van der Waals surface area contributed by atoms with E-state index in [4.69, 9.17) is 0 Å². The number of nitrogens with zero attached hydrogens (tertiary/aromatic N) is 3. The largest absolute Gasteiger partial charge is 0.349 e. The molecular formula is C17H20N4O. The first-order valence-corrected chi connectivity index (χ1v) is 7.66. The van der Waals surface area contributed by atoms with Crippen LogP contribution in [0.2, 0.25) is 0 Å². The van der Waals surface area contributed by atoms with Crippen molar-refractivity contribution in [3.05, 3.63) is 48.3 Å². The summed E-state index contributed by atoms with van der Waals surface area (Å²) >= 11 is 0.